The van der Waals surface area contributed by atoms with Crippen LogP contribution in [0.3, 0.4) is 0 Å². The van der Waals surface area contributed by atoms with Crippen LogP contribution < -0.4 is 5.32 Å². The molecule has 126 valence electrons. The van der Waals surface area contributed by atoms with E-state index < -0.39 is 36.9 Å². The summed E-state index contributed by atoms with van der Waals surface area (Å²) in [5.41, 5.74) is 0. The molecule has 0 aliphatic heterocycles. The molecule has 0 aliphatic rings. The summed E-state index contributed by atoms with van der Waals surface area (Å²) >= 11 is 0. The molecule has 0 aromatic heterocycles. The quantitative estimate of drug-likeness (QED) is 0.254. The third-order valence-corrected chi connectivity index (χ3v) is 3.35. The Labute approximate surface area is 125 Å². The van der Waals surface area contributed by atoms with Gasteiger partial charge in [0.15, 0.2) is 6.10 Å². The van der Waals surface area contributed by atoms with Crippen molar-refractivity contribution in [2.45, 2.75) is 69.9 Å². The van der Waals surface area contributed by atoms with Gasteiger partial charge < -0.3 is 30.8 Å². The minimum Gasteiger partial charge on any atom is -0.394 e. The molecule has 0 aromatic carbocycles. The Morgan fingerprint density at radius 1 is 0.952 bits per heavy atom. The normalized spacial score (nSPS) is 17.0. The summed E-state index contributed by atoms with van der Waals surface area (Å²) < 4.78 is 0. The Bertz CT molecular complexity index is 276. The monoisotopic (exact) mass is 307 g/mol. The molecule has 7 nitrogen and oxygen atoms in total. The van der Waals surface area contributed by atoms with E-state index in [1.165, 1.54) is 12.8 Å². The molecular formula is C14H29NO6. The number of aliphatic hydroxyl groups excluding tert-OH is 5. The van der Waals surface area contributed by atoms with E-state index in [0.717, 1.165) is 25.7 Å². The van der Waals surface area contributed by atoms with Crippen molar-refractivity contribution < 1.29 is 30.3 Å². The van der Waals surface area contributed by atoms with Crippen LogP contribution in [-0.4, -0.2) is 69.0 Å². The van der Waals surface area contributed by atoms with Gasteiger partial charge >= 0.3 is 0 Å². The first-order valence-corrected chi connectivity index (χ1v) is 7.56. The van der Waals surface area contributed by atoms with Crippen molar-refractivity contribution in [3.63, 3.8) is 0 Å². The number of carbonyl (C=O) groups excluding carboxylic acids is 1. The molecule has 0 saturated heterocycles. The zero-order valence-corrected chi connectivity index (χ0v) is 12.6. The van der Waals surface area contributed by atoms with Crippen molar-refractivity contribution in [3.05, 3.63) is 0 Å². The van der Waals surface area contributed by atoms with E-state index in [4.69, 9.17) is 10.2 Å². The number of carbonyl (C=O) groups is 1. The lowest BCUT2D eigenvalue weighted by Gasteiger charge is -2.24. The summed E-state index contributed by atoms with van der Waals surface area (Å²) in [6.45, 7) is 1.74. The molecule has 0 saturated carbocycles. The lowest BCUT2D eigenvalue weighted by atomic mass is 10.0. The van der Waals surface area contributed by atoms with Gasteiger partial charge in [0.25, 0.3) is 5.91 Å². The largest absolute Gasteiger partial charge is 0.394 e. The van der Waals surface area contributed by atoms with Crippen LogP contribution in [0.5, 0.6) is 0 Å². The molecule has 21 heavy (non-hydrogen) atoms. The average Bonchev–Trinajstić information content (AvgIpc) is 2.50. The van der Waals surface area contributed by atoms with Gasteiger partial charge in [0.05, 0.1) is 6.61 Å². The molecule has 0 unspecified atom stereocenters. The summed E-state index contributed by atoms with van der Waals surface area (Å²) in [5, 5.41) is 48.7. The van der Waals surface area contributed by atoms with Gasteiger partial charge in [-0.3, -0.25) is 4.79 Å². The molecule has 0 aliphatic carbocycles. The highest BCUT2D eigenvalue weighted by atomic mass is 16.4. The third-order valence-electron chi connectivity index (χ3n) is 3.35. The van der Waals surface area contributed by atoms with Gasteiger partial charge in [0.1, 0.15) is 18.3 Å². The minimum atomic E-state index is -1.85. The minimum absolute atomic E-state index is 0.382. The van der Waals surface area contributed by atoms with Crippen LogP contribution in [0, 0.1) is 0 Å². The van der Waals surface area contributed by atoms with Gasteiger partial charge in [-0.25, -0.2) is 0 Å². The topological polar surface area (TPSA) is 130 Å². The molecular weight excluding hydrogens is 278 g/mol. The van der Waals surface area contributed by atoms with Crippen LogP contribution >= 0.6 is 0 Å². The molecule has 0 aromatic rings. The Hall–Kier alpha value is -0.730. The van der Waals surface area contributed by atoms with Gasteiger partial charge in [-0.1, -0.05) is 39.0 Å². The van der Waals surface area contributed by atoms with Gasteiger partial charge in [0.2, 0.25) is 0 Å². The van der Waals surface area contributed by atoms with Crippen LogP contribution in [-0.2, 0) is 4.79 Å². The molecule has 0 fully saturated rings. The van der Waals surface area contributed by atoms with Gasteiger partial charge in [-0.2, -0.15) is 0 Å². The van der Waals surface area contributed by atoms with E-state index in [1.807, 2.05) is 0 Å². The fourth-order valence-corrected chi connectivity index (χ4v) is 1.90. The first-order valence-electron chi connectivity index (χ1n) is 7.56. The molecule has 6 N–H and O–H groups in total. The first kappa shape index (κ1) is 20.3. The van der Waals surface area contributed by atoms with Crippen LogP contribution in [0.15, 0.2) is 0 Å². The lowest BCUT2D eigenvalue weighted by molar-refractivity contribution is -0.148. The highest BCUT2D eigenvalue weighted by molar-refractivity contribution is 5.81. The summed E-state index contributed by atoms with van der Waals surface area (Å²) in [4.78, 5) is 11.6. The molecule has 0 rings (SSSR count). The van der Waals surface area contributed by atoms with Crippen LogP contribution in [0.1, 0.15) is 45.4 Å². The van der Waals surface area contributed by atoms with Gasteiger partial charge in [-0.05, 0) is 6.42 Å². The fourth-order valence-electron chi connectivity index (χ4n) is 1.90. The standard InChI is InChI=1S/C14H29NO6/c1-2-3-4-5-6-7-8-15-14(21)13(20)12(19)11(18)10(17)9-16/h10-13,16-20H,2-9H2,1H3,(H,15,21)/t10-,11+,12+,13+/m1/s1. The number of hydrogen-bond acceptors (Lipinski definition) is 6. The van der Waals surface area contributed by atoms with E-state index in [-0.39, 0.29) is 0 Å². The summed E-state index contributed by atoms with van der Waals surface area (Å²) in [6, 6.07) is 0. The predicted molar refractivity (Wildman–Crippen MR) is 77.5 cm³/mol. The summed E-state index contributed by atoms with van der Waals surface area (Å²) in [7, 11) is 0. The Morgan fingerprint density at radius 2 is 1.52 bits per heavy atom. The van der Waals surface area contributed by atoms with E-state index in [0.29, 0.717) is 6.54 Å². The molecule has 4 atom stereocenters. The highest BCUT2D eigenvalue weighted by Crippen LogP contribution is 2.06. The zero-order chi connectivity index (χ0) is 16.3. The average molecular weight is 307 g/mol. The Kier molecular flexibility index (Phi) is 11.5. The second-order valence-corrected chi connectivity index (χ2v) is 5.23. The number of rotatable bonds is 12. The smallest absolute Gasteiger partial charge is 0.251 e. The second-order valence-electron chi connectivity index (χ2n) is 5.23. The van der Waals surface area contributed by atoms with Crippen molar-refractivity contribution in [1.29, 1.82) is 0 Å². The molecule has 0 spiro atoms. The first-order chi connectivity index (χ1) is 9.95. The molecule has 0 radical (unpaired) electrons. The van der Waals surface area contributed by atoms with E-state index in [2.05, 4.69) is 12.2 Å². The van der Waals surface area contributed by atoms with Crippen molar-refractivity contribution in [2.24, 2.45) is 0 Å². The van der Waals surface area contributed by atoms with Crippen LogP contribution in [0.25, 0.3) is 0 Å². The molecule has 0 bridgehead atoms. The summed E-state index contributed by atoms with van der Waals surface area (Å²) in [6.07, 6.45) is -0.715. The zero-order valence-electron chi connectivity index (χ0n) is 12.6. The highest BCUT2D eigenvalue weighted by Gasteiger charge is 2.33. The van der Waals surface area contributed by atoms with Crippen LogP contribution in [0.2, 0.25) is 0 Å². The number of nitrogens with one attached hydrogen (secondary N) is 1. The van der Waals surface area contributed by atoms with E-state index in [9.17, 15) is 20.1 Å². The number of aliphatic hydroxyl groups is 5. The van der Waals surface area contributed by atoms with E-state index >= 15 is 0 Å². The molecule has 1 amide bonds. The summed E-state index contributed by atoms with van der Waals surface area (Å²) in [5.74, 6) is -0.805. The van der Waals surface area contributed by atoms with Crippen molar-refractivity contribution >= 4 is 5.91 Å². The maximum atomic E-state index is 11.6. The number of hydrogen-bond donors (Lipinski definition) is 6. The van der Waals surface area contributed by atoms with Crippen molar-refractivity contribution in [2.75, 3.05) is 13.2 Å². The molecule has 0 heterocycles. The van der Waals surface area contributed by atoms with Crippen LogP contribution in [0.4, 0.5) is 0 Å². The number of amides is 1. The number of unbranched alkanes of at least 4 members (excludes halogenated alkanes) is 5. The third kappa shape index (κ3) is 8.33. The van der Waals surface area contributed by atoms with E-state index in [1.54, 1.807) is 0 Å². The SMILES string of the molecule is CCCCCCCCNC(=O)[C@@H](O)[C@@H](O)[C@@H](O)[C@H](O)CO. The van der Waals surface area contributed by atoms with Crippen molar-refractivity contribution in [1.82, 2.24) is 5.32 Å². The van der Waals surface area contributed by atoms with Gasteiger partial charge in [0, 0.05) is 6.54 Å². The maximum Gasteiger partial charge on any atom is 0.251 e. The lowest BCUT2D eigenvalue weighted by Crippen LogP contribution is -2.51. The molecule has 7 heteroatoms. The second kappa shape index (κ2) is 11.9. The maximum absolute atomic E-state index is 11.6. The van der Waals surface area contributed by atoms with Crippen molar-refractivity contribution in [3.8, 4) is 0 Å². The fraction of sp³-hybridized carbons (Fsp3) is 0.929. The predicted octanol–water partition coefficient (Wildman–Crippen LogP) is -1.10. The van der Waals surface area contributed by atoms with Gasteiger partial charge in [-0.15, -0.1) is 0 Å². The Balaban J connectivity index is 3.89. The Morgan fingerprint density at radius 3 is 2.10 bits per heavy atom.